The number of hydrogen-bond donors (Lipinski definition) is 1. The van der Waals surface area contributed by atoms with Crippen LogP contribution in [0.25, 0.3) is 0 Å². The number of likely N-dealkylation sites (N-methyl/N-ethyl adjacent to an activating group) is 1. The summed E-state index contributed by atoms with van der Waals surface area (Å²) in [5.41, 5.74) is 5.83. The van der Waals surface area contributed by atoms with Crippen LogP contribution in [0.2, 0.25) is 0 Å². The highest BCUT2D eigenvalue weighted by atomic mass is 19.1. The van der Waals surface area contributed by atoms with Crippen molar-refractivity contribution in [1.82, 2.24) is 4.90 Å². The fraction of sp³-hybridized carbons (Fsp3) is 0.533. The topological polar surface area (TPSA) is 55.6 Å². The molecule has 1 aliphatic rings. The molecule has 0 saturated heterocycles. The Labute approximate surface area is 122 Å². The third-order valence-corrected chi connectivity index (χ3v) is 3.48. The second kappa shape index (κ2) is 6.85. The molecule has 0 radical (unpaired) electrons. The molecule has 1 saturated carbocycles. The molecule has 0 aliphatic heterocycles. The maximum Gasteiger partial charge on any atom is 0.260 e. The van der Waals surface area contributed by atoms with Gasteiger partial charge < -0.3 is 15.4 Å². The van der Waals surface area contributed by atoms with Gasteiger partial charge in [-0.25, -0.2) is 8.78 Å². The average Bonchev–Trinajstić information content (AvgIpc) is 3.23. The van der Waals surface area contributed by atoms with Crippen LogP contribution in [-0.4, -0.2) is 36.5 Å². The molecule has 0 atom stereocenters. The van der Waals surface area contributed by atoms with Gasteiger partial charge in [-0.2, -0.15) is 0 Å². The maximum absolute atomic E-state index is 13.8. The van der Waals surface area contributed by atoms with Gasteiger partial charge in [0.2, 0.25) is 0 Å². The quantitative estimate of drug-likeness (QED) is 0.836. The molecule has 116 valence electrons. The first-order valence-corrected chi connectivity index (χ1v) is 7.17. The summed E-state index contributed by atoms with van der Waals surface area (Å²) in [6, 6.07) is 2.63. The van der Waals surface area contributed by atoms with Crippen LogP contribution < -0.4 is 10.5 Å². The molecule has 21 heavy (non-hydrogen) atoms. The van der Waals surface area contributed by atoms with E-state index in [1.165, 1.54) is 12.1 Å². The van der Waals surface area contributed by atoms with Crippen LogP contribution in [-0.2, 0) is 11.2 Å². The molecule has 0 heterocycles. The van der Waals surface area contributed by atoms with Crippen molar-refractivity contribution in [1.29, 1.82) is 0 Å². The number of carbonyl (C=O) groups excluding carboxylic acids is 1. The monoisotopic (exact) mass is 298 g/mol. The lowest BCUT2D eigenvalue weighted by Gasteiger charge is -2.20. The Morgan fingerprint density at radius 1 is 1.38 bits per heavy atom. The average molecular weight is 298 g/mol. The molecule has 4 nitrogen and oxygen atoms in total. The zero-order chi connectivity index (χ0) is 15.4. The van der Waals surface area contributed by atoms with Crippen molar-refractivity contribution in [3.05, 3.63) is 29.3 Å². The normalized spacial score (nSPS) is 14.1. The van der Waals surface area contributed by atoms with E-state index in [-0.39, 0.29) is 18.6 Å². The largest absolute Gasteiger partial charge is 0.478 e. The number of rotatable bonds is 7. The first kappa shape index (κ1) is 15.7. The molecular weight excluding hydrogens is 278 g/mol. The molecule has 1 aliphatic carbocycles. The summed E-state index contributed by atoms with van der Waals surface area (Å²) in [7, 11) is 0. The van der Waals surface area contributed by atoms with E-state index in [1.807, 2.05) is 6.92 Å². The molecule has 2 N–H and O–H groups in total. The van der Waals surface area contributed by atoms with Crippen LogP contribution in [0.5, 0.6) is 5.75 Å². The Hall–Kier alpha value is -1.69. The lowest BCUT2D eigenvalue weighted by atomic mass is 10.1. The van der Waals surface area contributed by atoms with Crippen molar-refractivity contribution < 1.29 is 18.3 Å². The highest BCUT2D eigenvalue weighted by Crippen LogP contribution is 2.27. The highest BCUT2D eigenvalue weighted by Gasteiger charge is 2.31. The van der Waals surface area contributed by atoms with E-state index in [9.17, 15) is 13.6 Å². The summed E-state index contributed by atoms with van der Waals surface area (Å²) in [6.07, 6.45) is 2.35. The van der Waals surface area contributed by atoms with E-state index in [0.717, 1.165) is 12.8 Å². The van der Waals surface area contributed by atoms with E-state index in [4.69, 9.17) is 10.5 Å². The van der Waals surface area contributed by atoms with Crippen LogP contribution in [0.15, 0.2) is 12.1 Å². The predicted octanol–water partition coefficient (Wildman–Crippen LogP) is 1.86. The van der Waals surface area contributed by atoms with E-state index >= 15 is 0 Å². The van der Waals surface area contributed by atoms with Crippen LogP contribution in [0.1, 0.15) is 25.3 Å². The fourth-order valence-corrected chi connectivity index (χ4v) is 2.30. The van der Waals surface area contributed by atoms with E-state index in [0.29, 0.717) is 25.1 Å². The lowest BCUT2D eigenvalue weighted by Crippen LogP contribution is -2.36. The van der Waals surface area contributed by atoms with Gasteiger partial charge in [0.25, 0.3) is 5.91 Å². The minimum Gasteiger partial charge on any atom is -0.478 e. The van der Waals surface area contributed by atoms with Crippen molar-refractivity contribution >= 4 is 5.91 Å². The number of hydrogen-bond acceptors (Lipinski definition) is 3. The van der Waals surface area contributed by atoms with Crippen LogP contribution >= 0.6 is 0 Å². The van der Waals surface area contributed by atoms with Gasteiger partial charge in [0.05, 0.1) is 0 Å². The number of nitrogens with zero attached hydrogens (tertiary/aromatic N) is 1. The van der Waals surface area contributed by atoms with Crippen molar-refractivity contribution in [2.45, 2.75) is 32.2 Å². The molecule has 1 amide bonds. The minimum absolute atomic E-state index is 0.246. The second-order valence-corrected chi connectivity index (χ2v) is 5.13. The van der Waals surface area contributed by atoms with E-state index < -0.39 is 17.4 Å². The van der Waals surface area contributed by atoms with Gasteiger partial charge in [0, 0.05) is 12.6 Å². The third kappa shape index (κ3) is 3.91. The molecule has 0 spiro atoms. The number of ether oxygens (including phenoxy) is 1. The molecule has 1 fully saturated rings. The smallest absolute Gasteiger partial charge is 0.260 e. The standard InChI is InChI=1S/C15H20F2N2O2/c1-2-19(11-3-4-11)14(20)9-21-15-12(16)7-10(5-6-18)8-13(15)17/h7-8,11H,2-6,9,18H2,1H3. The van der Waals surface area contributed by atoms with Gasteiger partial charge in [-0.05, 0) is 50.4 Å². The van der Waals surface area contributed by atoms with Crippen molar-refractivity contribution in [3.8, 4) is 5.75 Å². The first-order chi connectivity index (χ1) is 10.1. The zero-order valence-electron chi connectivity index (χ0n) is 12.1. The molecule has 1 aromatic carbocycles. The summed E-state index contributed by atoms with van der Waals surface area (Å²) in [5.74, 6) is -2.36. The molecule has 0 unspecified atom stereocenters. The van der Waals surface area contributed by atoms with E-state index in [2.05, 4.69) is 0 Å². The van der Waals surface area contributed by atoms with Gasteiger partial charge in [0.15, 0.2) is 24.0 Å². The minimum atomic E-state index is -0.805. The van der Waals surface area contributed by atoms with Gasteiger partial charge in [-0.1, -0.05) is 0 Å². The number of halogens is 2. The summed E-state index contributed by atoms with van der Waals surface area (Å²) >= 11 is 0. The van der Waals surface area contributed by atoms with Gasteiger partial charge in [-0.3, -0.25) is 4.79 Å². The zero-order valence-corrected chi connectivity index (χ0v) is 12.1. The van der Waals surface area contributed by atoms with Crippen molar-refractivity contribution in [3.63, 3.8) is 0 Å². The van der Waals surface area contributed by atoms with Gasteiger partial charge >= 0.3 is 0 Å². The van der Waals surface area contributed by atoms with E-state index in [1.54, 1.807) is 4.90 Å². The van der Waals surface area contributed by atoms with Crippen LogP contribution in [0.3, 0.4) is 0 Å². The number of nitrogens with two attached hydrogens (primary N) is 1. The maximum atomic E-state index is 13.8. The van der Waals surface area contributed by atoms with Crippen LogP contribution in [0, 0.1) is 11.6 Å². The number of benzene rings is 1. The van der Waals surface area contributed by atoms with Crippen LogP contribution in [0.4, 0.5) is 8.78 Å². The Kier molecular flexibility index (Phi) is 5.12. The summed E-state index contributed by atoms with van der Waals surface area (Å²) in [5, 5.41) is 0. The summed E-state index contributed by atoms with van der Waals surface area (Å²) < 4.78 is 32.7. The molecule has 0 bridgehead atoms. The molecule has 0 aromatic heterocycles. The molecule has 1 aromatic rings. The number of carbonyl (C=O) groups is 1. The Morgan fingerprint density at radius 2 is 2.00 bits per heavy atom. The first-order valence-electron chi connectivity index (χ1n) is 7.17. The molecule has 2 rings (SSSR count). The second-order valence-electron chi connectivity index (χ2n) is 5.13. The predicted molar refractivity (Wildman–Crippen MR) is 75.0 cm³/mol. The molecule has 6 heteroatoms. The Bertz CT molecular complexity index is 495. The third-order valence-electron chi connectivity index (χ3n) is 3.48. The Balaban J connectivity index is 2.00. The molecular formula is C15H20F2N2O2. The van der Waals surface area contributed by atoms with Gasteiger partial charge in [0.1, 0.15) is 0 Å². The van der Waals surface area contributed by atoms with Gasteiger partial charge in [-0.15, -0.1) is 0 Å². The lowest BCUT2D eigenvalue weighted by molar-refractivity contribution is -0.133. The highest BCUT2D eigenvalue weighted by molar-refractivity contribution is 5.78. The van der Waals surface area contributed by atoms with Crippen molar-refractivity contribution in [2.24, 2.45) is 5.73 Å². The number of amides is 1. The van der Waals surface area contributed by atoms with Crippen molar-refractivity contribution in [2.75, 3.05) is 19.7 Å². The fourth-order valence-electron chi connectivity index (χ4n) is 2.30. The Morgan fingerprint density at radius 3 is 2.48 bits per heavy atom. The summed E-state index contributed by atoms with van der Waals surface area (Å²) in [4.78, 5) is 13.6. The summed E-state index contributed by atoms with van der Waals surface area (Å²) in [6.45, 7) is 2.41. The SMILES string of the molecule is CCN(C(=O)COc1c(F)cc(CCN)cc1F)C1CC1.